The molecular weight excluding hydrogens is 517 g/mol. The molecule has 8 heteroatoms. The van der Waals surface area contributed by atoms with Gasteiger partial charge in [-0.15, -0.1) is 24.0 Å². The van der Waals surface area contributed by atoms with E-state index >= 15 is 0 Å². The van der Waals surface area contributed by atoms with Crippen molar-refractivity contribution in [1.82, 2.24) is 20.0 Å². The SMILES string of the molecule is CCN=C(NC1C2CCOC2C12CCCC2)N1CCN(C(C)C(=O)N2CCCC2)CC1.I. The Morgan fingerprint density at radius 1 is 1.06 bits per heavy atom. The highest BCUT2D eigenvalue weighted by molar-refractivity contribution is 14.0. The highest BCUT2D eigenvalue weighted by atomic mass is 127. The number of nitrogens with zero attached hydrogens (tertiary/aromatic N) is 4. The molecule has 0 aromatic rings. The number of amides is 1. The maximum Gasteiger partial charge on any atom is 0.239 e. The third kappa shape index (κ3) is 4.28. The number of guanidine groups is 1. The molecule has 5 rings (SSSR count). The van der Waals surface area contributed by atoms with Crippen LogP contribution in [0, 0.1) is 11.3 Å². The number of hydrogen-bond acceptors (Lipinski definition) is 4. The lowest BCUT2D eigenvalue weighted by Gasteiger charge is -2.57. The zero-order chi connectivity index (χ0) is 21.4. The lowest BCUT2D eigenvalue weighted by atomic mass is 9.54. The van der Waals surface area contributed by atoms with Crippen LogP contribution in [0.3, 0.4) is 0 Å². The third-order valence-corrected chi connectivity index (χ3v) is 8.82. The Kier molecular flexibility index (Phi) is 7.92. The molecule has 5 fully saturated rings. The van der Waals surface area contributed by atoms with Crippen molar-refractivity contribution in [1.29, 1.82) is 0 Å². The Morgan fingerprint density at radius 3 is 2.41 bits per heavy atom. The molecule has 5 aliphatic rings. The van der Waals surface area contributed by atoms with Crippen molar-refractivity contribution in [3.05, 3.63) is 0 Å². The van der Waals surface area contributed by atoms with Crippen LogP contribution in [-0.2, 0) is 9.53 Å². The fraction of sp³-hybridized carbons (Fsp3) is 0.917. The fourth-order valence-corrected chi connectivity index (χ4v) is 7.11. The highest BCUT2D eigenvalue weighted by Gasteiger charge is 2.65. The molecule has 182 valence electrons. The monoisotopic (exact) mass is 559 g/mol. The maximum atomic E-state index is 12.8. The molecule has 1 spiro atoms. The number of nitrogens with one attached hydrogen (secondary N) is 1. The molecule has 1 amide bonds. The topological polar surface area (TPSA) is 60.4 Å². The Hall–Kier alpha value is -0.610. The van der Waals surface area contributed by atoms with Crippen molar-refractivity contribution >= 4 is 35.8 Å². The molecule has 1 N–H and O–H groups in total. The van der Waals surface area contributed by atoms with Gasteiger partial charge in [0.25, 0.3) is 0 Å². The van der Waals surface area contributed by atoms with Gasteiger partial charge in [-0.1, -0.05) is 12.8 Å². The first-order chi connectivity index (χ1) is 15.1. The molecule has 0 aromatic carbocycles. The maximum absolute atomic E-state index is 12.8. The van der Waals surface area contributed by atoms with Crippen LogP contribution in [0.15, 0.2) is 4.99 Å². The molecule has 3 heterocycles. The minimum absolute atomic E-state index is 0. The minimum atomic E-state index is -0.00967. The largest absolute Gasteiger partial charge is 0.377 e. The molecule has 0 aromatic heterocycles. The molecule has 2 saturated carbocycles. The zero-order valence-electron chi connectivity index (χ0n) is 19.9. The zero-order valence-corrected chi connectivity index (χ0v) is 22.3. The summed E-state index contributed by atoms with van der Waals surface area (Å²) in [6.45, 7) is 11.6. The van der Waals surface area contributed by atoms with Crippen molar-refractivity contribution < 1.29 is 9.53 Å². The highest BCUT2D eigenvalue weighted by Crippen LogP contribution is 2.60. The average Bonchev–Trinajstić information content (AvgIpc) is 3.56. The van der Waals surface area contributed by atoms with E-state index in [-0.39, 0.29) is 30.0 Å². The van der Waals surface area contributed by atoms with E-state index in [1.54, 1.807) is 0 Å². The van der Waals surface area contributed by atoms with Crippen LogP contribution in [0.2, 0.25) is 0 Å². The van der Waals surface area contributed by atoms with Crippen molar-refractivity contribution in [2.45, 2.75) is 77.0 Å². The number of carbonyl (C=O) groups is 1. The molecule has 4 atom stereocenters. The van der Waals surface area contributed by atoms with Crippen LogP contribution >= 0.6 is 24.0 Å². The molecular formula is C24H42IN5O2. The lowest BCUT2D eigenvalue weighted by molar-refractivity contribution is -0.135. The van der Waals surface area contributed by atoms with Crippen molar-refractivity contribution in [2.75, 3.05) is 52.4 Å². The van der Waals surface area contributed by atoms with Crippen molar-refractivity contribution in [3.8, 4) is 0 Å². The quantitative estimate of drug-likeness (QED) is 0.326. The summed E-state index contributed by atoms with van der Waals surface area (Å²) in [7, 11) is 0. The smallest absolute Gasteiger partial charge is 0.239 e. The van der Waals surface area contributed by atoms with E-state index < -0.39 is 0 Å². The summed E-state index contributed by atoms with van der Waals surface area (Å²) in [5.41, 5.74) is 0.341. The van der Waals surface area contributed by atoms with Gasteiger partial charge in [-0.05, 0) is 46.0 Å². The Bertz CT molecular complexity index is 684. The Labute approximate surface area is 210 Å². The molecule has 0 radical (unpaired) electrons. The lowest BCUT2D eigenvalue weighted by Crippen LogP contribution is -2.70. The minimum Gasteiger partial charge on any atom is -0.377 e. The van der Waals surface area contributed by atoms with Gasteiger partial charge in [0.15, 0.2) is 5.96 Å². The Balaban J connectivity index is 0.00000245. The summed E-state index contributed by atoms with van der Waals surface area (Å²) < 4.78 is 6.18. The van der Waals surface area contributed by atoms with Gasteiger partial charge in [0, 0.05) is 69.8 Å². The Morgan fingerprint density at radius 2 is 1.75 bits per heavy atom. The summed E-state index contributed by atoms with van der Waals surface area (Å²) in [4.78, 5) is 24.6. The number of fused-ring (bicyclic) bond motifs is 2. The molecule has 7 nitrogen and oxygen atoms in total. The number of carbonyl (C=O) groups excluding carboxylic acids is 1. The number of aliphatic imine (C=N–C) groups is 1. The van der Waals surface area contributed by atoms with E-state index in [4.69, 9.17) is 9.73 Å². The van der Waals surface area contributed by atoms with Gasteiger partial charge in [-0.2, -0.15) is 0 Å². The van der Waals surface area contributed by atoms with Gasteiger partial charge in [0.05, 0.1) is 12.1 Å². The normalized spacial score (nSPS) is 33.1. The first-order valence-electron chi connectivity index (χ1n) is 12.8. The molecule has 4 unspecified atom stereocenters. The van der Waals surface area contributed by atoms with Gasteiger partial charge < -0.3 is 19.9 Å². The van der Waals surface area contributed by atoms with E-state index in [0.29, 0.717) is 29.4 Å². The van der Waals surface area contributed by atoms with E-state index in [2.05, 4.69) is 33.9 Å². The second kappa shape index (κ2) is 10.3. The number of halogens is 1. The van der Waals surface area contributed by atoms with Crippen LogP contribution in [-0.4, -0.2) is 97.2 Å². The molecule has 0 bridgehead atoms. The molecule has 32 heavy (non-hydrogen) atoms. The standard InChI is InChI=1S/C24H41N5O2.HI/c1-3-25-23(26-20-19-8-17-31-21(19)24(20)9-4-5-10-24)29-15-13-27(14-16-29)18(2)22(30)28-11-6-7-12-28;/h18-21H,3-17H2,1-2H3,(H,25,26);1H. The fourth-order valence-electron chi connectivity index (χ4n) is 7.11. The number of hydrogen-bond donors (Lipinski definition) is 1. The van der Waals surface area contributed by atoms with Gasteiger partial charge in [0.2, 0.25) is 5.91 Å². The van der Waals surface area contributed by atoms with Crippen LogP contribution in [0.4, 0.5) is 0 Å². The predicted molar refractivity (Wildman–Crippen MR) is 137 cm³/mol. The number of likely N-dealkylation sites (tertiary alicyclic amines) is 1. The summed E-state index contributed by atoms with van der Waals surface area (Å²) >= 11 is 0. The molecule has 3 saturated heterocycles. The average molecular weight is 560 g/mol. The number of rotatable bonds is 4. The van der Waals surface area contributed by atoms with Crippen molar-refractivity contribution in [2.24, 2.45) is 16.3 Å². The molecule has 3 aliphatic heterocycles. The van der Waals surface area contributed by atoms with Crippen LogP contribution in [0.25, 0.3) is 0 Å². The van der Waals surface area contributed by atoms with E-state index in [0.717, 1.165) is 71.2 Å². The summed E-state index contributed by atoms with van der Waals surface area (Å²) in [5, 5.41) is 3.94. The van der Waals surface area contributed by atoms with Crippen LogP contribution < -0.4 is 5.32 Å². The summed E-state index contributed by atoms with van der Waals surface area (Å²) in [6, 6.07) is 0.506. The van der Waals surface area contributed by atoms with E-state index in [1.165, 1.54) is 32.1 Å². The van der Waals surface area contributed by atoms with Crippen molar-refractivity contribution in [3.63, 3.8) is 0 Å². The van der Waals surface area contributed by atoms with Crippen LogP contribution in [0.5, 0.6) is 0 Å². The van der Waals surface area contributed by atoms with Crippen LogP contribution in [0.1, 0.15) is 58.8 Å². The van der Waals surface area contributed by atoms with Gasteiger partial charge >= 0.3 is 0 Å². The van der Waals surface area contributed by atoms with E-state index in [1.807, 2.05) is 0 Å². The first kappa shape index (κ1) is 24.5. The van der Waals surface area contributed by atoms with E-state index in [9.17, 15) is 4.79 Å². The predicted octanol–water partition coefficient (Wildman–Crippen LogP) is 2.55. The second-order valence-electron chi connectivity index (χ2n) is 10.3. The number of piperazine rings is 1. The second-order valence-corrected chi connectivity index (χ2v) is 10.3. The summed E-state index contributed by atoms with van der Waals surface area (Å²) in [6.07, 6.45) is 9.26. The van der Waals surface area contributed by atoms with Gasteiger partial charge in [-0.25, -0.2) is 0 Å². The van der Waals surface area contributed by atoms with Gasteiger partial charge in [-0.3, -0.25) is 14.7 Å². The number of ether oxygens (including phenoxy) is 1. The third-order valence-electron chi connectivity index (χ3n) is 8.82. The first-order valence-corrected chi connectivity index (χ1v) is 12.8. The summed E-state index contributed by atoms with van der Waals surface area (Å²) in [5.74, 6) is 2.05. The molecule has 2 aliphatic carbocycles. The van der Waals surface area contributed by atoms with Gasteiger partial charge in [0.1, 0.15) is 0 Å².